The second-order valence-electron chi connectivity index (χ2n) is 6.91. The van der Waals surface area contributed by atoms with Gasteiger partial charge < -0.3 is 9.64 Å². The molecule has 1 fully saturated rings. The molecule has 1 amide bonds. The van der Waals surface area contributed by atoms with Gasteiger partial charge in [-0.05, 0) is 35.4 Å². The van der Waals surface area contributed by atoms with E-state index in [1.165, 1.54) is 12.1 Å². The molecule has 0 aliphatic carbocycles. The molecule has 1 atom stereocenters. The molecule has 2 aliphatic heterocycles. The number of piperidine rings is 1. The zero-order valence-corrected chi connectivity index (χ0v) is 14.6. The second-order valence-corrected chi connectivity index (χ2v) is 6.91. The number of ether oxygens (including phenoxy) is 1. The van der Waals surface area contributed by atoms with Crippen molar-refractivity contribution in [1.82, 2.24) is 25.1 Å². The molecular formula is C18H22FN5O2. The standard InChI is InChI=1S/C18H22FN5O2/c19-13-4-3-5-15(12-13)26-14-7-10-23(11-8-14)18(25)16-6-1-2-9-24-17(16)20-21-22-24/h3-5,12,14,16H,1-2,6-11H2/t16-/m0/s1. The summed E-state index contributed by atoms with van der Waals surface area (Å²) >= 11 is 0. The maximum Gasteiger partial charge on any atom is 0.233 e. The SMILES string of the molecule is O=C([C@H]1CCCCn2nnnc21)N1CCC(Oc2cccc(F)c2)CC1. The van der Waals surface area contributed by atoms with Crippen LogP contribution in [0.5, 0.6) is 5.75 Å². The number of benzene rings is 1. The Morgan fingerprint density at radius 2 is 2.00 bits per heavy atom. The Morgan fingerprint density at radius 1 is 1.15 bits per heavy atom. The number of amides is 1. The lowest BCUT2D eigenvalue weighted by atomic mass is 9.98. The Morgan fingerprint density at radius 3 is 2.81 bits per heavy atom. The van der Waals surface area contributed by atoms with Gasteiger partial charge in [0.1, 0.15) is 17.7 Å². The smallest absolute Gasteiger partial charge is 0.233 e. The number of hydrogen-bond donors (Lipinski definition) is 0. The van der Waals surface area contributed by atoms with E-state index in [1.54, 1.807) is 16.8 Å². The Bertz CT molecular complexity index is 772. The normalized spacial score (nSPS) is 21.1. The van der Waals surface area contributed by atoms with Crippen LogP contribution < -0.4 is 4.74 Å². The van der Waals surface area contributed by atoms with Crippen molar-refractivity contribution in [3.05, 3.63) is 35.9 Å². The van der Waals surface area contributed by atoms with Crippen molar-refractivity contribution in [2.45, 2.75) is 50.7 Å². The topological polar surface area (TPSA) is 73.1 Å². The van der Waals surface area contributed by atoms with E-state index in [-0.39, 0.29) is 23.7 Å². The third-order valence-corrected chi connectivity index (χ3v) is 5.13. The highest BCUT2D eigenvalue weighted by Gasteiger charge is 2.33. The highest BCUT2D eigenvalue weighted by molar-refractivity contribution is 5.83. The molecule has 7 nitrogen and oxygen atoms in total. The number of nitrogens with zero attached hydrogens (tertiary/aromatic N) is 5. The molecule has 0 N–H and O–H groups in total. The van der Waals surface area contributed by atoms with Crippen LogP contribution in [0.4, 0.5) is 4.39 Å². The Balaban J connectivity index is 1.37. The van der Waals surface area contributed by atoms with E-state index in [1.807, 2.05) is 4.90 Å². The van der Waals surface area contributed by atoms with Crippen molar-refractivity contribution in [3.8, 4) is 5.75 Å². The molecule has 8 heteroatoms. The molecule has 0 spiro atoms. The first-order chi connectivity index (χ1) is 12.7. The number of halogens is 1. The van der Waals surface area contributed by atoms with Gasteiger partial charge in [0, 0.05) is 38.5 Å². The Labute approximate surface area is 151 Å². The van der Waals surface area contributed by atoms with Crippen molar-refractivity contribution in [2.24, 2.45) is 0 Å². The van der Waals surface area contributed by atoms with Gasteiger partial charge in [-0.25, -0.2) is 9.07 Å². The van der Waals surface area contributed by atoms with Gasteiger partial charge in [-0.2, -0.15) is 0 Å². The average Bonchev–Trinajstić information content (AvgIpc) is 3.01. The molecule has 3 heterocycles. The number of fused-ring (bicyclic) bond motifs is 1. The fourth-order valence-electron chi connectivity index (χ4n) is 3.74. The molecule has 1 aromatic carbocycles. The van der Waals surface area contributed by atoms with Gasteiger partial charge in [-0.3, -0.25) is 4.79 Å². The molecule has 0 radical (unpaired) electrons. The van der Waals surface area contributed by atoms with Gasteiger partial charge >= 0.3 is 0 Å². The van der Waals surface area contributed by atoms with Gasteiger partial charge in [-0.15, -0.1) is 5.10 Å². The average molecular weight is 359 g/mol. The molecule has 0 saturated carbocycles. The van der Waals surface area contributed by atoms with E-state index in [0.717, 1.165) is 38.6 Å². The van der Waals surface area contributed by atoms with Crippen molar-refractivity contribution in [1.29, 1.82) is 0 Å². The fraction of sp³-hybridized carbons (Fsp3) is 0.556. The van der Waals surface area contributed by atoms with Gasteiger partial charge in [0.05, 0.1) is 5.92 Å². The van der Waals surface area contributed by atoms with Gasteiger partial charge in [0.15, 0.2) is 5.82 Å². The number of carbonyl (C=O) groups excluding carboxylic acids is 1. The highest BCUT2D eigenvalue weighted by Crippen LogP contribution is 2.28. The van der Waals surface area contributed by atoms with Crippen LogP contribution in [0.25, 0.3) is 0 Å². The second kappa shape index (κ2) is 7.39. The summed E-state index contributed by atoms with van der Waals surface area (Å²) in [5.41, 5.74) is 0. The third-order valence-electron chi connectivity index (χ3n) is 5.13. The predicted molar refractivity (Wildman–Crippen MR) is 91.0 cm³/mol. The maximum absolute atomic E-state index is 13.3. The minimum Gasteiger partial charge on any atom is -0.490 e. The number of aromatic nitrogens is 4. The molecule has 26 heavy (non-hydrogen) atoms. The van der Waals surface area contributed by atoms with Crippen LogP contribution in [-0.2, 0) is 11.3 Å². The monoisotopic (exact) mass is 359 g/mol. The Hall–Kier alpha value is -2.51. The van der Waals surface area contributed by atoms with Gasteiger partial charge in [-0.1, -0.05) is 12.5 Å². The zero-order chi connectivity index (χ0) is 17.9. The summed E-state index contributed by atoms with van der Waals surface area (Å²) in [7, 11) is 0. The highest BCUT2D eigenvalue weighted by atomic mass is 19.1. The summed E-state index contributed by atoms with van der Waals surface area (Å²) in [5.74, 6) is 0.768. The molecule has 0 unspecified atom stereocenters. The molecule has 138 valence electrons. The molecule has 0 bridgehead atoms. The van der Waals surface area contributed by atoms with Crippen LogP contribution in [0, 0.1) is 5.82 Å². The number of tetrazole rings is 1. The Kier molecular flexibility index (Phi) is 4.81. The molecule has 2 aromatic rings. The van der Waals surface area contributed by atoms with E-state index < -0.39 is 0 Å². The minimum atomic E-state index is -0.304. The quantitative estimate of drug-likeness (QED) is 0.840. The van der Waals surface area contributed by atoms with Crippen molar-refractivity contribution in [3.63, 3.8) is 0 Å². The first kappa shape index (κ1) is 16.9. The summed E-state index contributed by atoms with van der Waals surface area (Å²) in [5, 5.41) is 11.8. The summed E-state index contributed by atoms with van der Waals surface area (Å²) < 4.78 is 20.9. The largest absolute Gasteiger partial charge is 0.490 e. The number of carbonyl (C=O) groups is 1. The first-order valence-corrected chi connectivity index (χ1v) is 9.18. The van der Waals surface area contributed by atoms with Crippen LogP contribution in [0.3, 0.4) is 0 Å². The third kappa shape index (κ3) is 3.54. The zero-order valence-electron chi connectivity index (χ0n) is 14.6. The summed E-state index contributed by atoms with van der Waals surface area (Å²) in [6.07, 6.45) is 4.24. The summed E-state index contributed by atoms with van der Waals surface area (Å²) in [6, 6.07) is 6.18. The fourth-order valence-corrected chi connectivity index (χ4v) is 3.74. The number of aryl methyl sites for hydroxylation is 1. The van der Waals surface area contributed by atoms with E-state index in [9.17, 15) is 9.18 Å². The van der Waals surface area contributed by atoms with Gasteiger partial charge in [0.25, 0.3) is 0 Å². The molecule has 2 aliphatic rings. The van der Waals surface area contributed by atoms with E-state index >= 15 is 0 Å². The number of rotatable bonds is 3. The number of hydrogen-bond acceptors (Lipinski definition) is 5. The lowest BCUT2D eigenvalue weighted by Gasteiger charge is -2.34. The van der Waals surface area contributed by atoms with Crippen molar-refractivity contribution in [2.75, 3.05) is 13.1 Å². The number of likely N-dealkylation sites (tertiary alicyclic amines) is 1. The lowest BCUT2D eigenvalue weighted by molar-refractivity contribution is -0.135. The molecule has 1 aromatic heterocycles. The summed E-state index contributed by atoms with van der Waals surface area (Å²) in [4.78, 5) is 14.9. The predicted octanol–water partition coefficient (Wildman–Crippen LogP) is 2.15. The summed E-state index contributed by atoms with van der Waals surface area (Å²) in [6.45, 7) is 2.05. The first-order valence-electron chi connectivity index (χ1n) is 9.18. The minimum absolute atomic E-state index is 0.000281. The molecule has 1 saturated heterocycles. The maximum atomic E-state index is 13.3. The van der Waals surface area contributed by atoms with Crippen LogP contribution in [0.1, 0.15) is 43.8 Å². The van der Waals surface area contributed by atoms with Crippen LogP contribution in [0.2, 0.25) is 0 Å². The van der Waals surface area contributed by atoms with Crippen LogP contribution >= 0.6 is 0 Å². The van der Waals surface area contributed by atoms with Gasteiger partial charge in [0.2, 0.25) is 5.91 Å². The molecule has 4 rings (SSSR count). The van der Waals surface area contributed by atoms with Crippen molar-refractivity contribution < 1.29 is 13.9 Å². The lowest BCUT2D eigenvalue weighted by Crippen LogP contribution is -2.44. The molecular weight excluding hydrogens is 337 g/mol. The van der Waals surface area contributed by atoms with Crippen molar-refractivity contribution >= 4 is 5.91 Å². The van der Waals surface area contributed by atoms with E-state index in [4.69, 9.17) is 4.74 Å². The van der Waals surface area contributed by atoms with E-state index in [2.05, 4.69) is 15.5 Å². The van der Waals surface area contributed by atoms with Crippen LogP contribution in [-0.4, -0.2) is 50.2 Å². The van der Waals surface area contributed by atoms with E-state index in [0.29, 0.717) is 24.7 Å². The van der Waals surface area contributed by atoms with Crippen LogP contribution in [0.15, 0.2) is 24.3 Å².